The predicted molar refractivity (Wildman–Crippen MR) is 136 cm³/mol. The van der Waals surface area contributed by atoms with Crippen LogP contribution in [0.15, 0.2) is 48.8 Å². The number of likely N-dealkylation sites (tertiary alicyclic amines) is 1. The van der Waals surface area contributed by atoms with Crippen molar-refractivity contribution < 1.29 is 18.6 Å². The third-order valence-corrected chi connectivity index (χ3v) is 7.12. The van der Waals surface area contributed by atoms with Crippen LogP contribution in [-0.2, 0) is 6.42 Å². The van der Waals surface area contributed by atoms with Crippen molar-refractivity contribution in [2.45, 2.75) is 38.2 Å². The molecule has 5 rings (SSSR count). The lowest BCUT2D eigenvalue weighted by Crippen LogP contribution is -2.26. The van der Waals surface area contributed by atoms with Gasteiger partial charge in [0.15, 0.2) is 0 Å². The number of aromatic nitrogens is 2. The third kappa shape index (κ3) is 5.37. The topological polar surface area (TPSA) is 58.5 Å². The van der Waals surface area contributed by atoms with Crippen LogP contribution in [0, 0.1) is 5.82 Å². The van der Waals surface area contributed by atoms with Crippen molar-refractivity contribution in [2.75, 3.05) is 26.3 Å². The van der Waals surface area contributed by atoms with Gasteiger partial charge in [-0.05, 0) is 78.6 Å². The van der Waals surface area contributed by atoms with Gasteiger partial charge < -0.3 is 9.84 Å². The molecule has 1 aliphatic heterocycles. The second-order valence-electron chi connectivity index (χ2n) is 9.29. The van der Waals surface area contributed by atoms with E-state index in [1.807, 2.05) is 12.1 Å². The molecule has 36 heavy (non-hydrogen) atoms. The fourth-order valence-electron chi connectivity index (χ4n) is 5.10. The van der Waals surface area contributed by atoms with Gasteiger partial charge in [-0.1, -0.05) is 23.7 Å². The summed E-state index contributed by atoms with van der Waals surface area (Å²) in [6.07, 6.45) is 7.05. The number of benzene rings is 2. The summed E-state index contributed by atoms with van der Waals surface area (Å²) in [6.45, 7) is 2.06. The molecule has 1 aliphatic carbocycles. The zero-order valence-electron chi connectivity index (χ0n) is 19.9. The summed E-state index contributed by atoms with van der Waals surface area (Å²) in [5.41, 5.74) is 5.17. The van der Waals surface area contributed by atoms with E-state index in [1.54, 1.807) is 30.6 Å². The van der Waals surface area contributed by atoms with Gasteiger partial charge in [0.05, 0.1) is 29.8 Å². The van der Waals surface area contributed by atoms with Gasteiger partial charge >= 0.3 is 0 Å². The van der Waals surface area contributed by atoms with Crippen LogP contribution >= 0.6 is 11.6 Å². The second kappa shape index (κ2) is 10.9. The van der Waals surface area contributed by atoms with Gasteiger partial charge in [-0.3, -0.25) is 9.29 Å². The minimum Gasteiger partial charge on any atom is -0.508 e. The number of alkyl halides is 1. The largest absolute Gasteiger partial charge is 0.508 e. The molecule has 8 heteroatoms. The van der Waals surface area contributed by atoms with Gasteiger partial charge in [0, 0.05) is 25.2 Å². The van der Waals surface area contributed by atoms with Gasteiger partial charge in [0.25, 0.3) is 0 Å². The lowest BCUT2D eigenvalue weighted by Gasteiger charge is -2.17. The normalized spacial score (nSPS) is 18.2. The number of rotatable bonds is 7. The minimum absolute atomic E-state index is 0.00170. The second-order valence-corrected chi connectivity index (χ2v) is 9.70. The average Bonchev–Trinajstić information content (AvgIpc) is 3.23. The molecule has 2 aliphatic rings. The number of nitrogens with zero attached hydrogens (tertiary/aromatic N) is 3. The Kier molecular flexibility index (Phi) is 7.48. The van der Waals surface area contributed by atoms with Crippen LogP contribution in [-0.4, -0.2) is 52.4 Å². The highest BCUT2D eigenvalue weighted by Crippen LogP contribution is 2.40. The number of hydrogen-bond donors (Lipinski definition) is 1. The molecule has 1 fully saturated rings. The third-order valence-electron chi connectivity index (χ3n) is 6.81. The summed E-state index contributed by atoms with van der Waals surface area (Å²) >= 11 is 5.95. The molecule has 1 aromatic heterocycles. The Balaban J connectivity index is 1.48. The Morgan fingerprint density at radius 2 is 2.00 bits per heavy atom. The number of aryl methyl sites for hydroxylation is 1. The van der Waals surface area contributed by atoms with E-state index in [2.05, 4.69) is 9.88 Å². The number of fused-ring (bicyclic) bond motifs is 1. The summed E-state index contributed by atoms with van der Waals surface area (Å²) in [4.78, 5) is 11.4. The quantitative estimate of drug-likeness (QED) is 0.416. The lowest BCUT2D eigenvalue weighted by atomic mass is 9.90. The summed E-state index contributed by atoms with van der Waals surface area (Å²) < 4.78 is 32.9. The fourth-order valence-corrected chi connectivity index (χ4v) is 5.21. The molecule has 1 N–H and O–H groups in total. The number of aromatic hydroxyl groups is 1. The number of phenols is 1. The first-order valence-electron chi connectivity index (χ1n) is 12.3. The Labute approximate surface area is 214 Å². The van der Waals surface area contributed by atoms with Crippen molar-refractivity contribution in [3.8, 4) is 11.6 Å². The van der Waals surface area contributed by atoms with Crippen LogP contribution < -0.4 is 4.74 Å². The monoisotopic (exact) mass is 511 g/mol. The van der Waals surface area contributed by atoms with Crippen molar-refractivity contribution >= 4 is 22.7 Å². The first-order chi connectivity index (χ1) is 17.5. The van der Waals surface area contributed by atoms with Crippen LogP contribution in [0.1, 0.15) is 48.1 Å². The molecule has 1 unspecified atom stereocenters. The van der Waals surface area contributed by atoms with E-state index in [0.717, 1.165) is 66.7 Å². The number of allylic oxidation sites excluding steroid dienone is 1. The highest BCUT2D eigenvalue weighted by atomic mass is 35.5. The van der Waals surface area contributed by atoms with Crippen molar-refractivity contribution in [2.24, 2.45) is 0 Å². The van der Waals surface area contributed by atoms with E-state index in [4.69, 9.17) is 21.3 Å². The van der Waals surface area contributed by atoms with E-state index >= 15 is 0 Å². The van der Waals surface area contributed by atoms with Crippen molar-refractivity contribution in [3.63, 3.8) is 0 Å². The molecular formula is C28H28ClF2N3O2. The van der Waals surface area contributed by atoms with E-state index in [-0.39, 0.29) is 23.6 Å². The summed E-state index contributed by atoms with van der Waals surface area (Å²) in [5, 5.41) is 10.2. The number of hydrogen-bond acceptors (Lipinski definition) is 5. The molecule has 1 saturated heterocycles. The highest BCUT2D eigenvalue weighted by molar-refractivity contribution is 6.30. The lowest BCUT2D eigenvalue weighted by molar-refractivity contribution is 0.190. The maximum atomic E-state index is 14.4. The van der Waals surface area contributed by atoms with Crippen LogP contribution in [0.4, 0.5) is 8.78 Å². The molecule has 0 radical (unpaired) electrons. The molecule has 0 spiro atoms. The Hall–Kier alpha value is -3.03. The van der Waals surface area contributed by atoms with Crippen LogP contribution in [0.2, 0.25) is 5.02 Å². The molecule has 2 heterocycles. The zero-order valence-corrected chi connectivity index (χ0v) is 20.6. The number of halogens is 3. The van der Waals surface area contributed by atoms with Crippen LogP contribution in [0.5, 0.6) is 11.6 Å². The molecule has 0 bridgehead atoms. The molecule has 2 aromatic carbocycles. The SMILES string of the molecule is Oc1ccc2c(c1)CCCC(c1ccc(Cl)c(F)c1)=C2c1cnc(OC2CCN(CCCF)C2)cn1. The van der Waals surface area contributed by atoms with Gasteiger partial charge in [-0.15, -0.1) is 0 Å². The first kappa shape index (κ1) is 24.7. The van der Waals surface area contributed by atoms with Gasteiger partial charge in [0.1, 0.15) is 17.7 Å². The average molecular weight is 512 g/mol. The molecular weight excluding hydrogens is 484 g/mol. The van der Waals surface area contributed by atoms with E-state index in [0.29, 0.717) is 24.4 Å². The maximum absolute atomic E-state index is 14.4. The minimum atomic E-state index is -0.469. The Morgan fingerprint density at radius 3 is 2.78 bits per heavy atom. The summed E-state index contributed by atoms with van der Waals surface area (Å²) in [5.74, 6) is 0.180. The summed E-state index contributed by atoms with van der Waals surface area (Å²) in [7, 11) is 0. The molecule has 5 nitrogen and oxygen atoms in total. The molecule has 0 saturated carbocycles. The van der Waals surface area contributed by atoms with Crippen molar-refractivity contribution in [3.05, 3.63) is 82.0 Å². The number of ether oxygens (including phenoxy) is 1. The van der Waals surface area contributed by atoms with Crippen LogP contribution in [0.3, 0.4) is 0 Å². The Bertz CT molecular complexity index is 1270. The standard InChI is InChI=1S/C28H28ClF2N3O2/c29-24-8-5-19(14-25(24)31)22-4-1-3-18-13-20(35)6-7-23(18)28(22)26-15-33-27(16-32-26)36-21-9-12-34(17-21)11-2-10-30/h5-8,13-16,21,35H,1-4,9-12,17H2. The van der Waals surface area contributed by atoms with Crippen molar-refractivity contribution in [1.82, 2.24) is 14.9 Å². The molecule has 1 atom stereocenters. The first-order valence-corrected chi connectivity index (χ1v) is 12.7. The molecule has 188 valence electrons. The highest BCUT2D eigenvalue weighted by Gasteiger charge is 2.25. The molecule has 3 aromatic rings. The van der Waals surface area contributed by atoms with E-state index in [9.17, 15) is 13.9 Å². The molecule has 0 amide bonds. The summed E-state index contributed by atoms with van der Waals surface area (Å²) in [6, 6.07) is 10.2. The van der Waals surface area contributed by atoms with Gasteiger partial charge in [-0.25, -0.2) is 14.4 Å². The van der Waals surface area contributed by atoms with Crippen LogP contribution in [0.25, 0.3) is 11.1 Å². The fraction of sp³-hybridized carbons (Fsp3) is 0.357. The maximum Gasteiger partial charge on any atom is 0.232 e. The van der Waals surface area contributed by atoms with Gasteiger partial charge in [-0.2, -0.15) is 0 Å². The van der Waals surface area contributed by atoms with Gasteiger partial charge in [0.2, 0.25) is 5.88 Å². The van der Waals surface area contributed by atoms with E-state index in [1.165, 1.54) is 6.07 Å². The Morgan fingerprint density at radius 1 is 1.11 bits per heavy atom. The van der Waals surface area contributed by atoms with Crippen molar-refractivity contribution in [1.29, 1.82) is 0 Å². The van der Waals surface area contributed by atoms with E-state index < -0.39 is 5.82 Å². The zero-order chi connectivity index (χ0) is 25.1. The predicted octanol–water partition coefficient (Wildman–Crippen LogP) is 6.08. The smallest absolute Gasteiger partial charge is 0.232 e. The number of phenolic OH excluding ortho intramolecular Hbond substituents is 1.